The van der Waals surface area contributed by atoms with Gasteiger partial charge in [-0.2, -0.15) is 0 Å². The number of hydrogen-bond donors (Lipinski definition) is 2. The number of thioether (sulfide) groups is 1. The SMILES string of the molecule is CCNC(=NCc1ccc(OC)cc1)NCCCSc1nccs1. The lowest BCUT2D eigenvalue weighted by molar-refractivity contribution is 0.414. The second-order valence-corrected chi connectivity index (χ2v) is 7.21. The Morgan fingerprint density at radius 1 is 1.29 bits per heavy atom. The highest BCUT2D eigenvalue weighted by molar-refractivity contribution is 8.00. The van der Waals surface area contributed by atoms with Crippen molar-refractivity contribution in [3.05, 3.63) is 41.4 Å². The molecule has 0 saturated carbocycles. The molecule has 0 unspecified atom stereocenters. The Hall–Kier alpha value is -1.73. The van der Waals surface area contributed by atoms with E-state index < -0.39 is 0 Å². The number of benzene rings is 1. The van der Waals surface area contributed by atoms with Gasteiger partial charge < -0.3 is 15.4 Å². The number of guanidine groups is 1. The van der Waals surface area contributed by atoms with E-state index >= 15 is 0 Å². The Morgan fingerprint density at radius 3 is 2.79 bits per heavy atom. The third-order valence-electron chi connectivity index (χ3n) is 3.17. The summed E-state index contributed by atoms with van der Waals surface area (Å²) in [6.45, 7) is 4.46. The molecular formula is C17H24N4OS2. The van der Waals surface area contributed by atoms with Crippen molar-refractivity contribution < 1.29 is 4.74 Å². The maximum atomic E-state index is 5.17. The van der Waals surface area contributed by atoms with Crippen molar-refractivity contribution in [3.63, 3.8) is 0 Å². The Balaban J connectivity index is 1.73. The molecule has 1 aromatic carbocycles. The molecule has 2 aromatic rings. The van der Waals surface area contributed by atoms with Crippen LogP contribution in [0.5, 0.6) is 5.75 Å². The van der Waals surface area contributed by atoms with Gasteiger partial charge in [0.05, 0.1) is 13.7 Å². The third-order valence-corrected chi connectivity index (χ3v) is 5.22. The summed E-state index contributed by atoms with van der Waals surface area (Å²) in [5.41, 5.74) is 1.16. The van der Waals surface area contributed by atoms with Crippen molar-refractivity contribution >= 4 is 29.1 Å². The number of methoxy groups -OCH3 is 1. The maximum absolute atomic E-state index is 5.17. The zero-order valence-electron chi connectivity index (χ0n) is 14.1. The Morgan fingerprint density at radius 2 is 2.12 bits per heavy atom. The minimum atomic E-state index is 0.646. The third kappa shape index (κ3) is 6.80. The van der Waals surface area contributed by atoms with Gasteiger partial charge in [0.2, 0.25) is 0 Å². The van der Waals surface area contributed by atoms with Gasteiger partial charge in [0, 0.05) is 30.4 Å². The van der Waals surface area contributed by atoms with Gasteiger partial charge in [0.25, 0.3) is 0 Å². The molecule has 0 bridgehead atoms. The van der Waals surface area contributed by atoms with E-state index in [-0.39, 0.29) is 0 Å². The fourth-order valence-electron chi connectivity index (χ4n) is 1.96. The highest BCUT2D eigenvalue weighted by Crippen LogP contribution is 2.20. The summed E-state index contributed by atoms with van der Waals surface area (Å²) in [7, 11) is 1.67. The molecule has 130 valence electrons. The molecule has 0 aliphatic carbocycles. The average molecular weight is 365 g/mol. The first-order valence-electron chi connectivity index (χ1n) is 7.99. The van der Waals surface area contributed by atoms with Crippen molar-refractivity contribution in [2.24, 2.45) is 4.99 Å². The lowest BCUT2D eigenvalue weighted by Crippen LogP contribution is -2.37. The van der Waals surface area contributed by atoms with Gasteiger partial charge in [0.1, 0.15) is 10.1 Å². The molecule has 0 atom stereocenters. The average Bonchev–Trinajstić information content (AvgIpc) is 3.13. The Labute approximate surface area is 151 Å². The highest BCUT2D eigenvalue weighted by Gasteiger charge is 2.00. The Kier molecular flexibility index (Phi) is 8.48. The van der Waals surface area contributed by atoms with Gasteiger partial charge in [-0.3, -0.25) is 0 Å². The quantitative estimate of drug-likeness (QED) is 0.309. The first kappa shape index (κ1) is 18.6. The highest BCUT2D eigenvalue weighted by atomic mass is 32.2. The first-order valence-corrected chi connectivity index (χ1v) is 9.85. The van der Waals surface area contributed by atoms with Gasteiger partial charge in [-0.05, 0) is 31.0 Å². The van der Waals surface area contributed by atoms with E-state index in [1.165, 1.54) is 0 Å². The summed E-state index contributed by atoms with van der Waals surface area (Å²) in [5, 5.41) is 8.66. The summed E-state index contributed by atoms with van der Waals surface area (Å²) in [6.07, 6.45) is 2.91. The van der Waals surface area contributed by atoms with E-state index in [9.17, 15) is 0 Å². The van der Waals surface area contributed by atoms with E-state index in [0.717, 1.165) is 46.9 Å². The van der Waals surface area contributed by atoms with Crippen LogP contribution in [0.1, 0.15) is 18.9 Å². The number of rotatable bonds is 9. The van der Waals surface area contributed by atoms with Crippen LogP contribution in [0, 0.1) is 0 Å². The van der Waals surface area contributed by atoms with Gasteiger partial charge in [-0.1, -0.05) is 23.9 Å². The fraction of sp³-hybridized carbons (Fsp3) is 0.412. The van der Waals surface area contributed by atoms with Crippen molar-refractivity contribution in [2.45, 2.75) is 24.2 Å². The summed E-state index contributed by atoms with van der Waals surface area (Å²) >= 11 is 3.49. The molecule has 0 aliphatic rings. The number of aromatic nitrogens is 1. The second kappa shape index (κ2) is 10.9. The predicted molar refractivity (Wildman–Crippen MR) is 103 cm³/mol. The summed E-state index contributed by atoms with van der Waals surface area (Å²) < 4.78 is 6.30. The standard InChI is InChI=1S/C17H24N4OS2/c1-3-18-16(19-9-4-11-23-17-20-10-12-24-17)21-13-14-5-7-15(22-2)8-6-14/h5-8,10,12H,3-4,9,11,13H2,1-2H3,(H2,18,19,21). The van der Waals surface area contributed by atoms with Crippen LogP contribution in [-0.2, 0) is 6.54 Å². The van der Waals surface area contributed by atoms with Crippen LogP contribution in [0.15, 0.2) is 45.2 Å². The molecule has 0 fully saturated rings. The molecule has 5 nitrogen and oxygen atoms in total. The van der Waals surface area contributed by atoms with Crippen molar-refractivity contribution in [2.75, 3.05) is 26.0 Å². The number of ether oxygens (including phenoxy) is 1. The number of aliphatic imine (C=N–C) groups is 1. The van der Waals surface area contributed by atoms with Gasteiger partial charge in [-0.25, -0.2) is 9.98 Å². The van der Waals surface area contributed by atoms with Crippen LogP contribution >= 0.6 is 23.1 Å². The predicted octanol–water partition coefficient (Wildman–Crippen LogP) is 3.39. The minimum absolute atomic E-state index is 0.646. The molecule has 2 N–H and O–H groups in total. The van der Waals surface area contributed by atoms with E-state index in [4.69, 9.17) is 4.74 Å². The van der Waals surface area contributed by atoms with Crippen LogP contribution in [-0.4, -0.2) is 36.9 Å². The molecule has 0 spiro atoms. The van der Waals surface area contributed by atoms with E-state index in [1.807, 2.05) is 35.8 Å². The van der Waals surface area contributed by atoms with Crippen LogP contribution in [0.2, 0.25) is 0 Å². The zero-order valence-corrected chi connectivity index (χ0v) is 15.8. The molecular weight excluding hydrogens is 340 g/mol. The van der Waals surface area contributed by atoms with Crippen molar-refractivity contribution in [1.82, 2.24) is 15.6 Å². The molecule has 1 heterocycles. The van der Waals surface area contributed by atoms with E-state index in [1.54, 1.807) is 30.2 Å². The van der Waals surface area contributed by atoms with Gasteiger partial charge in [-0.15, -0.1) is 11.3 Å². The van der Waals surface area contributed by atoms with Crippen LogP contribution in [0.4, 0.5) is 0 Å². The van der Waals surface area contributed by atoms with Crippen molar-refractivity contribution in [1.29, 1.82) is 0 Å². The molecule has 0 radical (unpaired) electrons. The number of hydrogen-bond acceptors (Lipinski definition) is 5. The van der Waals surface area contributed by atoms with Gasteiger partial charge in [0.15, 0.2) is 5.96 Å². The molecule has 2 rings (SSSR count). The monoisotopic (exact) mass is 364 g/mol. The Bertz CT molecular complexity index is 600. The zero-order chi connectivity index (χ0) is 17.0. The normalized spacial score (nSPS) is 11.3. The number of thiazole rings is 1. The molecule has 7 heteroatoms. The maximum Gasteiger partial charge on any atom is 0.191 e. The largest absolute Gasteiger partial charge is 0.497 e. The fourth-order valence-corrected chi connectivity index (χ4v) is 3.61. The molecule has 24 heavy (non-hydrogen) atoms. The minimum Gasteiger partial charge on any atom is -0.497 e. The van der Waals surface area contributed by atoms with E-state index in [0.29, 0.717) is 6.54 Å². The summed E-state index contributed by atoms with van der Waals surface area (Å²) in [4.78, 5) is 8.89. The van der Waals surface area contributed by atoms with Crippen LogP contribution < -0.4 is 15.4 Å². The smallest absolute Gasteiger partial charge is 0.191 e. The second-order valence-electron chi connectivity index (χ2n) is 4.97. The van der Waals surface area contributed by atoms with Crippen molar-refractivity contribution in [3.8, 4) is 5.75 Å². The summed E-state index contributed by atoms with van der Waals surface area (Å²) in [6, 6.07) is 8.00. The molecule has 0 aliphatic heterocycles. The lowest BCUT2D eigenvalue weighted by Gasteiger charge is -2.11. The van der Waals surface area contributed by atoms with Crippen LogP contribution in [0.3, 0.4) is 0 Å². The molecule has 0 amide bonds. The lowest BCUT2D eigenvalue weighted by atomic mass is 10.2. The van der Waals surface area contributed by atoms with E-state index in [2.05, 4.69) is 27.5 Å². The van der Waals surface area contributed by atoms with Crippen LogP contribution in [0.25, 0.3) is 0 Å². The van der Waals surface area contributed by atoms with Gasteiger partial charge >= 0.3 is 0 Å². The topological polar surface area (TPSA) is 58.5 Å². The molecule has 0 saturated heterocycles. The molecule has 1 aromatic heterocycles. The number of nitrogens with one attached hydrogen (secondary N) is 2. The summed E-state index contributed by atoms with van der Waals surface area (Å²) in [5.74, 6) is 2.77. The number of nitrogens with zero attached hydrogens (tertiary/aromatic N) is 2. The first-order chi connectivity index (χ1) is 11.8.